The molecular weight excluding hydrogens is 242 g/mol. The summed E-state index contributed by atoms with van der Waals surface area (Å²) in [5.74, 6) is -0.297. The number of ether oxygens (including phenoxy) is 1. The van der Waals surface area contributed by atoms with Crippen LogP contribution in [0.4, 0.5) is 0 Å². The molecule has 0 bridgehead atoms. The lowest BCUT2D eigenvalue weighted by atomic mass is 10.1. The first-order valence-corrected chi connectivity index (χ1v) is 6.51. The largest absolute Gasteiger partial charge is 0.469 e. The Morgan fingerprint density at radius 2 is 2.21 bits per heavy atom. The molecule has 4 nitrogen and oxygen atoms in total. The molecule has 19 heavy (non-hydrogen) atoms. The predicted octanol–water partition coefficient (Wildman–Crippen LogP) is 1.56. The average molecular weight is 261 g/mol. The zero-order valence-corrected chi connectivity index (χ0v) is 11.4. The highest BCUT2D eigenvalue weighted by Crippen LogP contribution is 2.18. The van der Waals surface area contributed by atoms with Crippen LogP contribution in [0, 0.1) is 12.8 Å². The molecule has 4 heteroatoms. The van der Waals surface area contributed by atoms with E-state index < -0.39 is 0 Å². The van der Waals surface area contributed by atoms with Gasteiger partial charge in [-0.05, 0) is 18.9 Å². The van der Waals surface area contributed by atoms with Gasteiger partial charge in [0.15, 0.2) is 0 Å². The van der Waals surface area contributed by atoms with Crippen LogP contribution in [-0.2, 0) is 20.7 Å². The third-order valence-corrected chi connectivity index (χ3v) is 3.51. The Morgan fingerprint density at radius 3 is 2.89 bits per heavy atom. The van der Waals surface area contributed by atoms with Gasteiger partial charge in [0.05, 0.1) is 19.4 Å². The zero-order valence-electron chi connectivity index (χ0n) is 11.4. The summed E-state index contributed by atoms with van der Waals surface area (Å²) in [5.41, 5.74) is 2.17. The van der Waals surface area contributed by atoms with E-state index in [0.717, 1.165) is 11.1 Å². The van der Waals surface area contributed by atoms with E-state index in [0.29, 0.717) is 25.9 Å². The molecule has 0 aliphatic carbocycles. The highest BCUT2D eigenvalue weighted by Gasteiger charge is 2.31. The summed E-state index contributed by atoms with van der Waals surface area (Å²) in [6, 6.07) is 7.95. The van der Waals surface area contributed by atoms with Gasteiger partial charge < -0.3 is 9.64 Å². The van der Waals surface area contributed by atoms with Crippen molar-refractivity contribution in [3.05, 3.63) is 35.4 Å². The molecule has 1 unspecified atom stereocenters. The molecule has 1 aromatic carbocycles. The molecule has 1 aliphatic heterocycles. The van der Waals surface area contributed by atoms with Gasteiger partial charge in [-0.15, -0.1) is 0 Å². The smallest absolute Gasteiger partial charge is 0.310 e. The fourth-order valence-corrected chi connectivity index (χ4v) is 2.45. The Labute approximate surface area is 113 Å². The van der Waals surface area contributed by atoms with Gasteiger partial charge in [-0.3, -0.25) is 9.59 Å². The molecule has 1 amide bonds. The van der Waals surface area contributed by atoms with Crippen molar-refractivity contribution < 1.29 is 14.3 Å². The number of aryl methyl sites for hydroxylation is 1. The highest BCUT2D eigenvalue weighted by atomic mass is 16.5. The van der Waals surface area contributed by atoms with Gasteiger partial charge in [0, 0.05) is 13.1 Å². The van der Waals surface area contributed by atoms with Crippen LogP contribution in [0.3, 0.4) is 0 Å². The van der Waals surface area contributed by atoms with E-state index in [1.165, 1.54) is 7.11 Å². The van der Waals surface area contributed by atoms with Gasteiger partial charge >= 0.3 is 5.97 Å². The van der Waals surface area contributed by atoms with Gasteiger partial charge in [0.1, 0.15) is 0 Å². The van der Waals surface area contributed by atoms with E-state index in [9.17, 15) is 9.59 Å². The first kappa shape index (κ1) is 13.6. The van der Waals surface area contributed by atoms with Crippen LogP contribution in [0.5, 0.6) is 0 Å². The minimum atomic E-state index is -0.217. The molecular formula is C15H19NO3. The quantitative estimate of drug-likeness (QED) is 0.776. The fourth-order valence-electron chi connectivity index (χ4n) is 2.45. The van der Waals surface area contributed by atoms with Gasteiger partial charge in [-0.1, -0.05) is 29.8 Å². The summed E-state index contributed by atoms with van der Waals surface area (Å²) < 4.78 is 4.72. The van der Waals surface area contributed by atoms with Crippen molar-refractivity contribution in [3.63, 3.8) is 0 Å². The van der Waals surface area contributed by atoms with Gasteiger partial charge in [-0.2, -0.15) is 0 Å². The van der Waals surface area contributed by atoms with Crippen LogP contribution in [0.15, 0.2) is 24.3 Å². The Morgan fingerprint density at radius 1 is 1.42 bits per heavy atom. The Bertz CT molecular complexity index is 484. The van der Waals surface area contributed by atoms with Crippen LogP contribution in [0.25, 0.3) is 0 Å². The number of hydrogen-bond donors (Lipinski definition) is 0. The maximum absolute atomic E-state index is 12.2. The van der Waals surface area contributed by atoms with E-state index in [1.54, 1.807) is 4.90 Å². The Balaban J connectivity index is 1.93. The van der Waals surface area contributed by atoms with E-state index in [2.05, 4.69) is 0 Å². The molecule has 0 aromatic heterocycles. The van der Waals surface area contributed by atoms with Crippen LogP contribution in [-0.4, -0.2) is 37.0 Å². The average Bonchev–Trinajstić information content (AvgIpc) is 2.87. The van der Waals surface area contributed by atoms with Gasteiger partial charge in [0.25, 0.3) is 0 Å². The summed E-state index contributed by atoms with van der Waals surface area (Å²) in [4.78, 5) is 25.3. The number of nitrogens with zero attached hydrogens (tertiary/aromatic N) is 1. The molecule has 0 saturated carbocycles. The van der Waals surface area contributed by atoms with Crippen LogP contribution >= 0.6 is 0 Å². The lowest BCUT2D eigenvalue weighted by Crippen LogP contribution is -2.31. The summed E-state index contributed by atoms with van der Waals surface area (Å²) in [6.07, 6.45) is 1.10. The molecule has 1 fully saturated rings. The summed E-state index contributed by atoms with van der Waals surface area (Å²) in [5, 5.41) is 0. The molecule has 1 atom stereocenters. The number of amides is 1. The number of carbonyl (C=O) groups is 2. The molecule has 1 heterocycles. The lowest BCUT2D eigenvalue weighted by molar-refractivity contribution is -0.145. The standard InChI is InChI=1S/C15H19NO3/c1-11-4-3-5-12(8-11)9-14(17)16-7-6-13(10-16)15(18)19-2/h3-5,8,13H,6-7,9-10H2,1-2H3. The first-order chi connectivity index (χ1) is 9.10. The third-order valence-electron chi connectivity index (χ3n) is 3.51. The van der Waals surface area contributed by atoms with E-state index in [-0.39, 0.29) is 17.8 Å². The second-order valence-corrected chi connectivity index (χ2v) is 5.01. The highest BCUT2D eigenvalue weighted by molar-refractivity contribution is 5.81. The van der Waals surface area contributed by atoms with Crippen molar-refractivity contribution in [3.8, 4) is 0 Å². The van der Waals surface area contributed by atoms with Crippen LogP contribution in [0.1, 0.15) is 17.5 Å². The topological polar surface area (TPSA) is 46.6 Å². The van der Waals surface area contributed by atoms with Crippen molar-refractivity contribution in [2.45, 2.75) is 19.8 Å². The normalized spacial score (nSPS) is 18.4. The number of likely N-dealkylation sites (tertiary alicyclic amines) is 1. The van der Waals surface area contributed by atoms with Crippen molar-refractivity contribution in [1.29, 1.82) is 0 Å². The van der Waals surface area contributed by atoms with Crippen molar-refractivity contribution in [1.82, 2.24) is 4.90 Å². The minimum absolute atomic E-state index is 0.0806. The number of hydrogen-bond acceptors (Lipinski definition) is 3. The van der Waals surface area contributed by atoms with Crippen molar-refractivity contribution in [2.24, 2.45) is 5.92 Å². The summed E-state index contributed by atoms with van der Waals surface area (Å²) in [6.45, 7) is 3.14. The minimum Gasteiger partial charge on any atom is -0.469 e. The summed E-state index contributed by atoms with van der Waals surface area (Å²) >= 11 is 0. The second-order valence-electron chi connectivity index (χ2n) is 5.01. The zero-order chi connectivity index (χ0) is 13.8. The first-order valence-electron chi connectivity index (χ1n) is 6.51. The van der Waals surface area contributed by atoms with Gasteiger partial charge in [0.2, 0.25) is 5.91 Å². The lowest BCUT2D eigenvalue weighted by Gasteiger charge is -2.16. The van der Waals surface area contributed by atoms with E-state index in [1.807, 2.05) is 31.2 Å². The molecule has 0 spiro atoms. The summed E-state index contributed by atoms with van der Waals surface area (Å²) in [7, 11) is 1.39. The molecule has 1 saturated heterocycles. The molecule has 0 N–H and O–H groups in total. The Kier molecular flexibility index (Phi) is 4.20. The molecule has 102 valence electrons. The van der Waals surface area contributed by atoms with E-state index >= 15 is 0 Å². The third kappa shape index (κ3) is 3.34. The molecule has 1 aromatic rings. The maximum atomic E-state index is 12.2. The Hall–Kier alpha value is -1.84. The fraction of sp³-hybridized carbons (Fsp3) is 0.467. The SMILES string of the molecule is COC(=O)C1CCN(C(=O)Cc2cccc(C)c2)C1. The molecule has 2 rings (SSSR count). The number of carbonyl (C=O) groups excluding carboxylic acids is 2. The number of benzene rings is 1. The second kappa shape index (κ2) is 5.87. The van der Waals surface area contributed by atoms with Crippen LogP contribution in [0.2, 0.25) is 0 Å². The number of esters is 1. The van der Waals surface area contributed by atoms with Gasteiger partial charge in [-0.25, -0.2) is 0 Å². The molecule has 0 radical (unpaired) electrons. The number of methoxy groups -OCH3 is 1. The monoisotopic (exact) mass is 261 g/mol. The van der Waals surface area contributed by atoms with Crippen molar-refractivity contribution >= 4 is 11.9 Å². The van der Waals surface area contributed by atoms with Crippen LogP contribution < -0.4 is 0 Å². The molecule has 1 aliphatic rings. The maximum Gasteiger partial charge on any atom is 0.310 e. The predicted molar refractivity (Wildman–Crippen MR) is 71.6 cm³/mol. The van der Waals surface area contributed by atoms with Crippen molar-refractivity contribution in [2.75, 3.05) is 20.2 Å². The number of rotatable bonds is 3. The van der Waals surface area contributed by atoms with E-state index in [4.69, 9.17) is 4.74 Å².